The van der Waals surface area contributed by atoms with Gasteiger partial charge in [0.2, 0.25) is 0 Å². The van der Waals surface area contributed by atoms with E-state index in [1.54, 1.807) is 0 Å². The molecule has 0 saturated heterocycles. The molecule has 3 heterocycles. The van der Waals surface area contributed by atoms with E-state index in [0.29, 0.717) is 0 Å². The maximum Gasteiger partial charge on any atom is 0.174 e. The van der Waals surface area contributed by atoms with Crippen molar-refractivity contribution < 1.29 is 0 Å². The van der Waals surface area contributed by atoms with Crippen LogP contribution in [0.4, 0.5) is 0 Å². The molecule has 4 heteroatoms. The van der Waals surface area contributed by atoms with Crippen molar-refractivity contribution in [1.82, 2.24) is 14.8 Å². The molecule has 3 nitrogen and oxygen atoms in total. The van der Waals surface area contributed by atoms with Gasteiger partial charge in [0.15, 0.2) is 5.82 Å². The van der Waals surface area contributed by atoms with E-state index in [1.165, 1.54) is 46.8 Å². The number of nitrogens with zero attached hydrogens (tertiary/aromatic N) is 3. The molecule has 0 amide bonds. The Morgan fingerprint density at radius 3 is 2.84 bits per heavy atom. The van der Waals surface area contributed by atoms with Crippen LogP contribution in [0.25, 0.3) is 10.7 Å². The summed E-state index contributed by atoms with van der Waals surface area (Å²) in [5, 5.41) is 8.88. The van der Waals surface area contributed by atoms with Crippen LogP contribution in [0.3, 0.4) is 0 Å². The molecule has 0 bridgehead atoms. The molecule has 0 atom stereocenters. The highest BCUT2D eigenvalue weighted by Crippen LogP contribution is 2.31. The smallest absolute Gasteiger partial charge is 0.174 e. The molecule has 0 N–H and O–H groups in total. The van der Waals surface area contributed by atoms with Gasteiger partial charge < -0.3 is 4.57 Å². The number of aromatic nitrogens is 3. The predicted octanol–water partition coefficient (Wildman–Crippen LogP) is 3.99. The van der Waals surface area contributed by atoms with Crippen LogP contribution in [0.1, 0.15) is 48.9 Å². The number of fused-ring (bicyclic) bond motifs is 1. The second-order valence-electron chi connectivity index (χ2n) is 5.33. The van der Waals surface area contributed by atoms with Crippen LogP contribution in [0.5, 0.6) is 0 Å². The maximum atomic E-state index is 4.46. The van der Waals surface area contributed by atoms with Crippen molar-refractivity contribution in [2.24, 2.45) is 0 Å². The van der Waals surface area contributed by atoms with Gasteiger partial charge >= 0.3 is 0 Å². The largest absolute Gasteiger partial charge is 0.310 e. The molecule has 102 valence electrons. The van der Waals surface area contributed by atoms with Crippen LogP contribution in [-0.2, 0) is 19.4 Å². The molecule has 0 saturated carbocycles. The molecule has 1 aliphatic heterocycles. The van der Waals surface area contributed by atoms with Gasteiger partial charge in [0.1, 0.15) is 5.82 Å². The standard InChI is InChI=1S/C15H21N3S/c1-3-12-11(2)10-13(19-12)15-17-16-14-8-6-4-5-7-9-18(14)15/h10H,3-9H2,1-2H3. The van der Waals surface area contributed by atoms with Crippen LogP contribution in [0, 0.1) is 6.92 Å². The average Bonchev–Trinajstić information content (AvgIpc) is 2.92. The molecular formula is C15H21N3S. The minimum Gasteiger partial charge on any atom is -0.310 e. The Hall–Kier alpha value is -1.16. The second-order valence-corrected chi connectivity index (χ2v) is 6.46. The topological polar surface area (TPSA) is 30.7 Å². The van der Waals surface area contributed by atoms with E-state index in [1.807, 2.05) is 11.3 Å². The molecule has 19 heavy (non-hydrogen) atoms. The summed E-state index contributed by atoms with van der Waals surface area (Å²) in [4.78, 5) is 2.76. The zero-order chi connectivity index (χ0) is 13.2. The van der Waals surface area contributed by atoms with Gasteiger partial charge in [0, 0.05) is 17.8 Å². The van der Waals surface area contributed by atoms with Gasteiger partial charge in [0.25, 0.3) is 0 Å². The Labute approximate surface area is 118 Å². The zero-order valence-electron chi connectivity index (χ0n) is 11.8. The van der Waals surface area contributed by atoms with Crippen molar-refractivity contribution in [3.05, 3.63) is 22.3 Å². The van der Waals surface area contributed by atoms with Gasteiger partial charge in [-0.1, -0.05) is 19.8 Å². The van der Waals surface area contributed by atoms with Gasteiger partial charge in [0.05, 0.1) is 4.88 Å². The van der Waals surface area contributed by atoms with Crippen LogP contribution in [-0.4, -0.2) is 14.8 Å². The third-order valence-corrected chi connectivity index (χ3v) is 5.30. The first kappa shape index (κ1) is 12.9. The Bertz CT molecular complexity index is 568. The predicted molar refractivity (Wildman–Crippen MR) is 79.6 cm³/mol. The molecule has 3 rings (SSSR count). The summed E-state index contributed by atoms with van der Waals surface area (Å²) in [5.41, 5.74) is 1.39. The fourth-order valence-electron chi connectivity index (χ4n) is 2.83. The Balaban J connectivity index is 2.00. The third kappa shape index (κ3) is 2.46. The second kappa shape index (κ2) is 5.45. The van der Waals surface area contributed by atoms with E-state index in [0.717, 1.165) is 25.2 Å². The van der Waals surface area contributed by atoms with E-state index in [-0.39, 0.29) is 0 Å². The summed E-state index contributed by atoms with van der Waals surface area (Å²) >= 11 is 1.88. The van der Waals surface area contributed by atoms with Gasteiger partial charge in [-0.25, -0.2) is 0 Å². The van der Waals surface area contributed by atoms with Crippen molar-refractivity contribution >= 4 is 11.3 Å². The quantitative estimate of drug-likeness (QED) is 0.829. The van der Waals surface area contributed by atoms with Gasteiger partial charge in [-0.2, -0.15) is 0 Å². The van der Waals surface area contributed by atoms with Crippen LogP contribution in [0.15, 0.2) is 6.07 Å². The molecule has 2 aromatic rings. The molecule has 2 aromatic heterocycles. The molecule has 0 spiro atoms. The third-order valence-electron chi connectivity index (χ3n) is 3.92. The maximum absolute atomic E-state index is 4.46. The lowest BCUT2D eigenvalue weighted by Gasteiger charge is -2.12. The number of hydrogen-bond donors (Lipinski definition) is 0. The summed E-state index contributed by atoms with van der Waals surface area (Å²) in [5.74, 6) is 2.27. The first-order valence-electron chi connectivity index (χ1n) is 7.31. The lowest BCUT2D eigenvalue weighted by molar-refractivity contribution is 0.519. The molecule has 0 aromatic carbocycles. The van der Waals surface area contributed by atoms with E-state index >= 15 is 0 Å². The summed E-state index contributed by atoms with van der Waals surface area (Å²) in [6, 6.07) is 2.28. The zero-order valence-corrected chi connectivity index (χ0v) is 12.6. The van der Waals surface area contributed by atoms with Crippen LogP contribution < -0.4 is 0 Å². The minimum atomic E-state index is 1.08. The van der Waals surface area contributed by atoms with Crippen molar-refractivity contribution in [2.75, 3.05) is 0 Å². The molecule has 0 unspecified atom stereocenters. The number of hydrogen-bond acceptors (Lipinski definition) is 3. The first-order chi connectivity index (χ1) is 9.29. The molecule has 0 aliphatic carbocycles. The number of thiophene rings is 1. The summed E-state index contributed by atoms with van der Waals surface area (Å²) < 4.78 is 2.35. The lowest BCUT2D eigenvalue weighted by Crippen LogP contribution is -2.08. The van der Waals surface area contributed by atoms with Gasteiger partial charge in [-0.15, -0.1) is 21.5 Å². The van der Waals surface area contributed by atoms with Gasteiger partial charge in [-0.3, -0.25) is 0 Å². The Morgan fingerprint density at radius 2 is 2.05 bits per heavy atom. The fourth-order valence-corrected chi connectivity index (χ4v) is 3.93. The molecule has 0 fully saturated rings. The van der Waals surface area contributed by atoms with Crippen molar-refractivity contribution in [3.8, 4) is 10.7 Å². The fraction of sp³-hybridized carbons (Fsp3) is 0.600. The summed E-state index contributed by atoms with van der Waals surface area (Å²) in [6.45, 7) is 5.50. The highest BCUT2D eigenvalue weighted by Gasteiger charge is 2.17. The van der Waals surface area contributed by atoms with E-state index in [2.05, 4.69) is 34.7 Å². The Kier molecular flexibility index (Phi) is 3.69. The summed E-state index contributed by atoms with van der Waals surface area (Å²) in [6.07, 6.45) is 7.36. The average molecular weight is 275 g/mol. The molecule has 1 aliphatic rings. The van der Waals surface area contributed by atoms with Gasteiger partial charge in [-0.05, 0) is 37.8 Å². The van der Waals surface area contributed by atoms with Crippen molar-refractivity contribution in [1.29, 1.82) is 0 Å². The number of rotatable bonds is 2. The highest BCUT2D eigenvalue weighted by molar-refractivity contribution is 7.15. The monoisotopic (exact) mass is 275 g/mol. The van der Waals surface area contributed by atoms with Crippen molar-refractivity contribution in [2.45, 2.75) is 58.9 Å². The lowest BCUT2D eigenvalue weighted by atomic mass is 10.1. The van der Waals surface area contributed by atoms with Crippen LogP contribution in [0.2, 0.25) is 0 Å². The first-order valence-corrected chi connectivity index (χ1v) is 8.13. The van der Waals surface area contributed by atoms with Crippen LogP contribution >= 0.6 is 11.3 Å². The summed E-state index contributed by atoms with van der Waals surface area (Å²) in [7, 11) is 0. The SMILES string of the molecule is CCc1sc(-c2nnc3n2CCCCCC3)cc1C. The normalized spacial score (nSPS) is 15.9. The van der Waals surface area contributed by atoms with Crippen molar-refractivity contribution in [3.63, 3.8) is 0 Å². The van der Waals surface area contributed by atoms with E-state index < -0.39 is 0 Å². The molecular weight excluding hydrogens is 254 g/mol. The van der Waals surface area contributed by atoms with E-state index in [4.69, 9.17) is 0 Å². The highest BCUT2D eigenvalue weighted by atomic mass is 32.1. The minimum absolute atomic E-state index is 1.08. The molecule has 0 radical (unpaired) electrons. The van der Waals surface area contributed by atoms with E-state index in [9.17, 15) is 0 Å². The number of aryl methyl sites for hydroxylation is 3. The Morgan fingerprint density at radius 1 is 1.21 bits per heavy atom.